The van der Waals surface area contributed by atoms with E-state index in [9.17, 15) is 4.79 Å². The molecule has 4 rings (SSSR count). The number of hydrogen-bond acceptors (Lipinski definition) is 7. The number of amides is 1. The monoisotopic (exact) mass is 436 g/mol. The molecule has 0 saturated carbocycles. The highest BCUT2D eigenvalue weighted by Crippen LogP contribution is 2.17. The molecule has 0 radical (unpaired) electrons. The summed E-state index contributed by atoms with van der Waals surface area (Å²) < 4.78 is 7.06. The van der Waals surface area contributed by atoms with E-state index in [2.05, 4.69) is 26.4 Å². The summed E-state index contributed by atoms with van der Waals surface area (Å²) in [5.41, 5.74) is 2.45. The zero-order chi connectivity index (χ0) is 21.8. The van der Waals surface area contributed by atoms with E-state index in [-0.39, 0.29) is 12.5 Å². The van der Waals surface area contributed by atoms with Crippen LogP contribution in [0.25, 0.3) is 5.95 Å². The van der Waals surface area contributed by atoms with Crippen molar-refractivity contribution in [1.29, 1.82) is 0 Å². The number of carbonyl (C=O) groups is 1. The molecule has 0 aromatic carbocycles. The number of hydrogen-bond donors (Lipinski definition) is 1. The van der Waals surface area contributed by atoms with Crippen molar-refractivity contribution in [3.8, 4) is 5.95 Å². The fourth-order valence-electron chi connectivity index (χ4n) is 3.34. The highest BCUT2D eigenvalue weighted by molar-refractivity contribution is 7.09. The Morgan fingerprint density at radius 2 is 1.90 bits per heavy atom. The van der Waals surface area contributed by atoms with Gasteiger partial charge in [-0.25, -0.2) is 9.97 Å². The second-order valence-corrected chi connectivity index (χ2v) is 8.42. The van der Waals surface area contributed by atoms with Crippen molar-refractivity contribution >= 4 is 23.1 Å². The quantitative estimate of drug-likeness (QED) is 0.451. The Kier molecular flexibility index (Phi) is 6.24. The van der Waals surface area contributed by atoms with E-state index < -0.39 is 0 Å². The second-order valence-electron chi connectivity index (χ2n) is 7.39. The second kappa shape index (κ2) is 9.23. The number of carbonyl (C=O) groups excluding carboxylic acids is 1. The van der Waals surface area contributed by atoms with Crippen molar-refractivity contribution in [2.45, 2.75) is 33.9 Å². The van der Waals surface area contributed by atoms with E-state index in [1.807, 2.05) is 61.4 Å². The molecule has 0 fully saturated rings. The molecule has 0 aliphatic rings. The maximum Gasteiger partial charge on any atom is 0.252 e. The van der Waals surface area contributed by atoms with Gasteiger partial charge in [0.05, 0.1) is 25.0 Å². The maximum absolute atomic E-state index is 12.9. The smallest absolute Gasteiger partial charge is 0.252 e. The molecule has 160 valence electrons. The van der Waals surface area contributed by atoms with Crippen LogP contribution in [-0.2, 0) is 17.9 Å². The largest absolute Gasteiger partial charge is 0.468 e. The minimum Gasteiger partial charge on any atom is -0.468 e. The zero-order valence-electron chi connectivity index (χ0n) is 17.7. The van der Waals surface area contributed by atoms with Crippen LogP contribution in [0.3, 0.4) is 0 Å². The minimum absolute atomic E-state index is 0.145. The third-order valence-electron chi connectivity index (χ3n) is 4.55. The predicted molar refractivity (Wildman–Crippen MR) is 119 cm³/mol. The number of aryl methyl sites for hydroxylation is 3. The van der Waals surface area contributed by atoms with Gasteiger partial charge in [-0.1, -0.05) is 6.07 Å². The Balaban J connectivity index is 1.51. The van der Waals surface area contributed by atoms with Crippen molar-refractivity contribution in [1.82, 2.24) is 24.6 Å². The number of furan rings is 1. The number of thiophene rings is 1. The van der Waals surface area contributed by atoms with Crippen LogP contribution in [0.15, 0.2) is 52.5 Å². The highest BCUT2D eigenvalue weighted by atomic mass is 32.1. The van der Waals surface area contributed by atoms with E-state index in [1.165, 1.54) is 4.88 Å². The Bertz CT molecular complexity index is 1090. The van der Waals surface area contributed by atoms with Crippen molar-refractivity contribution in [3.63, 3.8) is 0 Å². The molecule has 0 aliphatic heterocycles. The summed E-state index contributed by atoms with van der Waals surface area (Å²) in [6.07, 6.45) is 1.64. The summed E-state index contributed by atoms with van der Waals surface area (Å²) in [5.74, 6) is 1.65. The SMILES string of the molecule is Cc1cc(C)nc(-n2nc(C)cc2NC(=O)CN(Cc2ccco2)Cc2cccs2)n1. The zero-order valence-corrected chi connectivity index (χ0v) is 18.5. The lowest BCUT2D eigenvalue weighted by Crippen LogP contribution is -2.32. The van der Waals surface area contributed by atoms with Crippen molar-refractivity contribution in [2.24, 2.45) is 0 Å². The highest BCUT2D eigenvalue weighted by Gasteiger charge is 2.17. The van der Waals surface area contributed by atoms with Crippen molar-refractivity contribution < 1.29 is 9.21 Å². The van der Waals surface area contributed by atoms with Gasteiger partial charge in [0.1, 0.15) is 11.6 Å². The van der Waals surface area contributed by atoms with Crippen LogP contribution in [0.5, 0.6) is 0 Å². The van der Waals surface area contributed by atoms with Gasteiger partial charge in [0, 0.05) is 28.9 Å². The molecular formula is C22H24N6O2S. The number of anilines is 1. The molecule has 0 atom stereocenters. The summed E-state index contributed by atoms with van der Waals surface area (Å²) in [6.45, 7) is 7.08. The Labute approximate surface area is 184 Å². The van der Waals surface area contributed by atoms with Gasteiger partial charge in [0.15, 0.2) is 0 Å². The number of aromatic nitrogens is 4. The third kappa shape index (κ3) is 5.44. The van der Waals surface area contributed by atoms with Crippen LogP contribution in [0.4, 0.5) is 5.82 Å². The Morgan fingerprint density at radius 1 is 1.10 bits per heavy atom. The molecular weight excluding hydrogens is 412 g/mol. The summed E-state index contributed by atoms with van der Waals surface area (Å²) in [5, 5.41) is 9.47. The van der Waals surface area contributed by atoms with Gasteiger partial charge in [0.25, 0.3) is 5.95 Å². The maximum atomic E-state index is 12.9. The fraction of sp³-hybridized carbons (Fsp3) is 0.273. The van der Waals surface area contributed by atoms with Crippen LogP contribution in [0.1, 0.15) is 27.7 Å². The first-order chi connectivity index (χ1) is 15.0. The first-order valence-electron chi connectivity index (χ1n) is 9.92. The van der Waals surface area contributed by atoms with Gasteiger partial charge in [-0.3, -0.25) is 9.69 Å². The molecule has 4 heterocycles. The van der Waals surface area contributed by atoms with Gasteiger partial charge in [-0.05, 0) is 50.4 Å². The fourth-order valence-corrected chi connectivity index (χ4v) is 4.09. The minimum atomic E-state index is -0.145. The molecule has 0 unspecified atom stereocenters. The van der Waals surface area contributed by atoms with Gasteiger partial charge in [-0.2, -0.15) is 9.78 Å². The molecule has 4 aromatic rings. The van der Waals surface area contributed by atoms with E-state index in [0.717, 1.165) is 22.8 Å². The molecule has 31 heavy (non-hydrogen) atoms. The topological polar surface area (TPSA) is 89.1 Å². The molecule has 8 nitrogen and oxygen atoms in total. The summed E-state index contributed by atoms with van der Waals surface area (Å²) in [7, 11) is 0. The number of nitrogens with one attached hydrogen (secondary N) is 1. The predicted octanol–water partition coefficient (Wildman–Crippen LogP) is 3.88. The van der Waals surface area contributed by atoms with Crippen molar-refractivity contribution in [3.05, 3.63) is 75.8 Å². The third-order valence-corrected chi connectivity index (χ3v) is 5.41. The van der Waals surface area contributed by atoms with Crippen LogP contribution < -0.4 is 5.32 Å². The standard InChI is InChI=1S/C22H24N6O2S/c1-15-10-16(2)24-22(23-15)28-20(11-17(3)26-28)25-21(29)14-27(12-18-6-4-8-30-18)13-19-7-5-9-31-19/h4-11H,12-14H2,1-3H3,(H,25,29). The van der Waals surface area contributed by atoms with Crippen LogP contribution in [-0.4, -0.2) is 37.1 Å². The molecule has 4 aromatic heterocycles. The molecule has 1 N–H and O–H groups in total. The molecule has 0 bridgehead atoms. The summed E-state index contributed by atoms with van der Waals surface area (Å²) in [4.78, 5) is 25.1. The average molecular weight is 437 g/mol. The van der Waals surface area contributed by atoms with E-state index in [4.69, 9.17) is 4.42 Å². The summed E-state index contributed by atoms with van der Waals surface area (Å²) in [6, 6.07) is 11.5. The number of nitrogens with zero attached hydrogens (tertiary/aromatic N) is 5. The van der Waals surface area contributed by atoms with Gasteiger partial charge in [-0.15, -0.1) is 11.3 Å². The van der Waals surface area contributed by atoms with Gasteiger partial charge < -0.3 is 9.73 Å². The van der Waals surface area contributed by atoms with Crippen molar-refractivity contribution in [2.75, 3.05) is 11.9 Å². The molecule has 0 aliphatic carbocycles. The van der Waals surface area contributed by atoms with Gasteiger partial charge in [0.2, 0.25) is 5.91 Å². The van der Waals surface area contributed by atoms with Crippen LogP contribution in [0.2, 0.25) is 0 Å². The van der Waals surface area contributed by atoms with Crippen LogP contribution >= 0.6 is 11.3 Å². The van der Waals surface area contributed by atoms with E-state index in [0.29, 0.717) is 24.9 Å². The molecule has 0 spiro atoms. The van der Waals surface area contributed by atoms with Gasteiger partial charge >= 0.3 is 0 Å². The molecule has 9 heteroatoms. The van der Waals surface area contributed by atoms with E-state index >= 15 is 0 Å². The number of rotatable bonds is 8. The van der Waals surface area contributed by atoms with E-state index in [1.54, 1.807) is 22.3 Å². The molecule has 1 amide bonds. The first-order valence-corrected chi connectivity index (χ1v) is 10.8. The first kappa shape index (κ1) is 21.0. The Morgan fingerprint density at radius 3 is 2.58 bits per heavy atom. The lowest BCUT2D eigenvalue weighted by molar-refractivity contribution is -0.117. The molecule has 0 saturated heterocycles. The normalized spacial score (nSPS) is 11.2. The Hall–Kier alpha value is -3.30. The average Bonchev–Trinajstić information content (AvgIpc) is 3.44. The lowest BCUT2D eigenvalue weighted by Gasteiger charge is -2.20. The lowest BCUT2D eigenvalue weighted by atomic mass is 10.3. The van der Waals surface area contributed by atoms with Crippen LogP contribution in [0, 0.1) is 20.8 Å². The summed E-state index contributed by atoms with van der Waals surface area (Å²) >= 11 is 1.67.